The van der Waals surface area contributed by atoms with E-state index >= 15 is 0 Å². The number of hydrogen-bond acceptors (Lipinski definition) is 7. The molecule has 0 atom stereocenters. The number of anilines is 1. The highest BCUT2D eigenvalue weighted by Gasteiger charge is 2.16. The van der Waals surface area contributed by atoms with Crippen LogP contribution in [0.3, 0.4) is 0 Å². The summed E-state index contributed by atoms with van der Waals surface area (Å²) in [6, 6.07) is 3.44. The van der Waals surface area contributed by atoms with E-state index in [4.69, 9.17) is 10.5 Å². The maximum atomic E-state index is 11.3. The summed E-state index contributed by atoms with van der Waals surface area (Å²) >= 11 is 0. The molecule has 3 aromatic rings. The average molecular weight is 340 g/mol. The van der Waals surface area contributed by atoms with Gasteiger partial charge in [-0.25, -0.2) is 15.0 Å². The molecule has 0 radical (unpaired) electrons. The Morgan fingerprint density at radius 1 is 1.32 bits per heavy atom. The Morgan fingerprint density at radius 2 is 2.12 bits per heavy atom. The standard InChI is InChI=1S/C17H20N6O2/c1-11(24)25-14-5-4-12-15(16(14)18)13(6-8-22(2)3)21-17(20-12)23-9-7-19-10-23/h4-5,7,9-10H,6,8,18H2,1-3H3. The summed E-state index contributed by atoms with van der Waals surface area (Å²) in [5.74, 6) is 0.431. The van der Waals surface area contributed by atoms with E-state index in [1.54, 1.807) is 35.4 Å². The maximum absolute atomic E-state index is 11.3. The second-order valence-corrected chi connectivity index (χ2v) is 5.96. The molecule has 2 heterocycles. The van der Waals surface area contributed by atoms with Crippen LogP contribution in [0.5, 0.6) is 5.75 Å². The van der Waals surface area contributed by atoms with E-state index in [9.17, 15) is 4.79 Å². The van der Waals surface area contributed by atoms with Gasteiger partial charge in [0.05, 0.1) is 16.9 Å². The van der Waals surface area contributed by atoms with Gasteiger partial charge in [-0.3, -0.25) is 9.36 Å². The zero-order valence-corrected chi connectivity index (χ0v) is 14.4. The van der Waals surface area contributed by atoms with E-state index in [1.165, 1.54) is 6.92 Å². The molecule has 0 amide bonds. The highest BCUT2D eigenvalue weighted by atomic mass is 16.5. The normalized spacial score (nSPS) is 11.2. The smallest absolute Gasteiger partial charge is 0.308 e. The number of likely N-dealkylation sites (N-methyl/N-ethyl adjacent to an activating group) is 1. The van der Waals surface area contributed by atoms with Crippen molar-refractivity contribution >= 4 is 22.6 Å². The minimum atomic E-state index is -0.420. The van der Waals surface area contributed by atoms with Crippen molar-refractivity contribution in [3.05, 3.63) is 36.5 Å². The van der Waals surface area contributed by atoms with Crippen LogP contribution in [0.2, 0.25) is 0 Å². The van der Waals surface area contributed by atoms with Crippen molar-refractivity contribution in [1.82, 2.24) is 24.4 Å². The number of benzene rings is 1. The van der Waals surface area contributed by atoms with Gasteiger partial charge in [0, 0.05) is 37.7 Å². The lowest BCUT2D eigenvalue weighted by Crippen LogP contribution is -2.17. The first-order valence-electron chi connectivity index (χ1n) is 7.86. The van der Waals surface area contributed by atoms with Gasteiger partial charge in [0.15, 0.2) is 5.75 Å². The molecule has 2 aromatic heterocycles. The van der Waals surface area contributed by atoms with Crippen molar-refractivity contribution in [2.45, 2.75) is 13.3 Å². The Kier molecular flexibility index (Phi) is 4.62. The van der Waals surface area contributed by atoms with E-state index in [1.807, 2.05) is 14.1 Å². The zero-order valence-electron chi connectivity index (χ0n) is 14.4. The highest BCUT2D eigenvalue weighted by molar-refractivity contribution is 5.96. The van der Waals surface area contributed by atoms with E-state index in [-0.39, 0.29) is 0 Å². The van der Waals surface area contributed by atoms with Gasteiger partial charge in [0.25, 0.3) is 0 Å². The number of ether oxygens (including phenoxy) is 1. The molecule has 0 saturated heterocycles. The molecule has 0 unspecified atom stereocenters. The third-order valence-electron chi connectivity index (χ3n) is 3.71. The van der Waals surface area contributed by atoms with Crippen LogP contribution in [0, 0.1) is 0 Å². The van der Waals surface area contributed by atoms with Crippen LogP contribution < -0.4 is 10.5 Å². The highest BCUT2D eigenvalue weighted by Crippen LogP contribution is 2.32. The Bertz CT molecular complexity index is 905. The molecule has 25 heavy (non-hydrogen) atoms. The molecule has 130 valence electrons. The zero-order chi connectivity index (χ0) is 18.0. The van der Waals surface area contributed by atoms with Crippen molar-refractivity contribution in [3.8, 4) is 11.7 Å². The van der Waals surface area contributed by atoms with Gasteiger partial charge >= 0.3 is 5.97 Å². The summed E-state index contributed by atoms with van der Waals surface area (Å²) in [4.78, 5) is 26.6. The van der Waals surface area contributed by atoms with Gasteiger partial charge in [-0.2, -0.15) is 0 Å². The Balaban J connectivity index is 2.18. The summed E-state index contributed by atoms with van der Waals surface area (Å²) in [6.45, 7) is 2.14. The van der Waals surface area contributed by atoms with Gasteiger partial charge < -0.3 is 15.4 Å². The number of fused-ring (bicyclic) bond motifs is 1. The van der Waals surface area contributed by atoms with E-state index < -0.39 is 5.97 Å². The largest absolute Gasteiger partial charge is 0.424 e. The molecular weight excluding hydrogens is 320 g/mol. The molecule has 0 aliphatic heterocycles. The number of esters is 1. The van der Waals surface area contributed by atoms with Crippen LogP contribution in [-0.2, 0) is 11.2 Å². The van der Waals surface area contributed by atoms with Crippen LogP contribution in [0.4, 0.5) is 5.69 Å². The number of rotatable bonds is 5. The van der Waals surface area contributed by atoms with Crippen LogP contribution in [0.25, 0.3) is 16.9 Å². The molecule has 0 aliphatic carbocycles. The summed E-state index contributed by atoms with van der Waals surface area (Å²) < 4.78 is 6.94. The number of imidazole rings is 1. The van der Waals surface area contributed by atoms with Crippen molar-refractivity contribution in [2.75, 3.05) is 26.4 Å². The molecule has 0 spiro atoms. The minimum Gasteiger partial charge on any atom is -0.424 e. The number of carbonyl (C=O) groups is 1. The SMILES string of the molecule is CC(=O)Oc1ccc2nc(-n3ccnc3)nc(CCN(C)C)c2c1N. The first-order valence-corrected chi connectivity index (χ1v) is 7.86. The van der Waals surface area contributed by atoms with Gasteiger partial charge in [0.2, 0.25) is 5.95 Å². The molecule has 8 nitrogen and oxygen atoms in total. The lowest BCUT2D eigenvalue weighted by atomic mass is 10.1. The lowest BCUT2D eigenvalue weighted by Gasteiger charge is -2.15. The number of nitrogen functional groups attached to an aromatic ring is 1. The molecule has 8 heteroatoms. The maximum Gasteiger partial charge on any atom is 0.308 e. The Labute approximate surface area is 145 Å². The molecule has 3 rings (SSSR count). The number of aromatic nitrogens is 4. The van der Waals surface area contributed by atoms with Gasteiger partial charge in [-0.15, -0.1) is 0 Å². The minimum absolute atomic E-state index is 0.324. The van der Waals surface area contributed by atoms with Gasteiger partial charge in [0.1, 0.15) is 6.33 Å². The third-order valence-corrected chi connectivity index (χ3v) is 3.71. The van der Waals surface area contributed by atoms with Crippen LogP contribution in [0.15, 0.2) is 30.9 Å². The van der Waals surface area contributed by atoms with E-state index in [2.05, 4.69) is 19.9 Å². The number of nitrogens with zero attached hydrogens (tertiary/aromatic N) is 5. The predicted molar refractivity (Wildman–Crippen MR) is 94.6 cm³/mol. The summed E-state index contributed by atoms with van der Waals surface area (Å²) in [5, 5.41) is 0.712. The Hall–Kier alpha value is -3.00. The Morgan fingerprint density at radius 3 is 2.76 bits per heavy atom. The van der Waals surface area contributed by atoms with Crippen LogP contribution >= 0.6 is 0 Å². The molecule has 0 bridgehead atoms. The van der Waals surface area contributed by atoms with Crippen molar-refractivity contribution in [3.63, 3.8) is 0 Å². The van der Waals surface area contributed by atoms with E-state index in [0.29, 0.717) is 34.7 Å². The molecule has 0 aliphatic rings. The fourth-order valence-electron chi connectivity index (χ4n) is 2.54. The fraction of sp³-hybridized carbons (Fsp3) is 0.294. The second kappa shape index (κ2) is 6.86. The first kappa shape index (κ1) is 16.8. The second-order valence-electron chi connectivity index (χ2n) is 5.96. The van der Waals surface area contributed by atoms with Crippen molar-refractivity contribution < 1.29 is 9.53 Å². The molecule has 1 aromatic carbocycles. The van der Waals surface area contributed by atoms with Crippen LogP contribution in [-0.4, -0.2) is 51.0 Å². The molecule has 0 fully saturated rings. The third kappa shape index (κ3) is 3.58. The van der Waals surface area contributed by atoms with Crippen molar-refractivity contribution in [1.29, 1.82) is 0 Å². The van der Waals surface area contributed by atoms with Gasteiger partial charge in [-0.1, -0.05) is 0 Å². The predicted octanol–water partition coefficient (Wildman–Crippen LogP) is 1.43. The van der Waals surface area contributed by atoms with Crippen LogP contribution in [0.1, 0.15) is 12.6 Å². The molecule has 0 saturated carbocycles. The molecule has 2 N–H and O–H groups in total. The quantitative estimate of drug-likeness (QED) is 0.426. The summed E-state index contributed by atoms with van der Waals surface area (Å²) in [7, 11) is 3.99. The summed E-state index contributed by atoms with van der Waals surface area (Å²) in [6.07, 6.45) is 5.79. The monoisotopic (exact) mass is 340 g/mol. The van der Waals surface area contributed by atoms with E-state index in [0.717, 1.165) is 12.2 Å². The average Bonchev–Trinajstić information content (AvgIpc) is 3.09. The first-order chi connectivity index (χ1) is 12.0. The molecular formula is C17H20N6O2. The van der Waals surface area contributed by atoms with Crippen molar-refractivity contribution in [2.24, 2.45) is 0 Å². The fourth-order valence-corrected chi connectivity index (χ4v) is 2.54. The lowest BCUT2D eigenvalue weighted by molar-refractivity contribution is -0.131. The number of nitrogens with two attached hydrogens (primary N) is 1. The summed E-state index contributed by atoms with van der Waals surface area (Å²) in [5.41, 5.74) is 8.12. The topological polar surface area (TPSA) is 99.2 Å². The van der Waals surface area contributed by atoms with Gasteiger partial charge in [-0.05, 0) is 26.2 Å². The number of hydrogen-bond donors (Lipinski definition) is 1. The number of carbonyl (C=O) groups excluding carboxylic acids is 1.